The molecule has 0 radical (unpaired) electrons. The summed E-state index contributed by atoms with van der Waals surface area (Å²) < 4.78 is 6.02. The molecule has 1 amide bonds. The van der Waals surface area contributed by atoms with E-state index in [1.165, 1.54) is 5.39 Å². The standard InChI is InChI=1S/C17H15BrN2O2/c18-16-7-6-15(22-16)17(21)20(12-4-5-12)10-11-2-1-3-14-13(11)8-9-19-14/h1-3,6-9,12,19H,4-5,10H2. The molecule has 1 fully saturated rings. The Bertz CT molecular complexity index is 832. The van der Waals surface area contributed by atoms with Gasteiger partial charge in [0.2, 0.25) is 0 Å². The van der Waals surface area contributed by atoms with Gasteiger partial charge in [-0.05, 0) is 58.6 Å². The number of hydrogen-bond acceptors (Lipinski definition) is 2. The molecule has 1 aromatic carbocycles. The molecular formula is C17H15BrN2O2. The largest absolute Gasteiger partial charge is 0.444 e. The van der Waals surface area contributed by atoms with Crippen molar-refractivity contribution < 1.29 is 9.21 Å². The Balaban J connectivity index is 1.65. The summed E-state index contributed by atoms with van der Waals surface area (Å²) in [6.07, 6.45) is 4.06. The van der Waals surface area contributed by atoms with Gasteiger partial charge in [-0.15, -0.1) is 0 Å². The van der Waals surface area contributed by atoms with E-state index in [1.807, 2.05) is 23.2 Å². The average Bonchev–Trinajstić information content (AvgIpc) is 3.06. The molecule has 4 rings (SSSR count). The smallest absolute Gasteiger partial charge is 0.290 e. The highest BCUT2D eigenvalue weighted by Gasteiger charge is 2.34. The van der Waals surface area contributed by atoms with Crippen LogP contribution in [0.4, 0.5) is 0 Å². The van der Waals surface area contributed by atoms with Crippen molar-refractivity contribution in [3.63, 3.8) is 0 Å². The SMILES string of the molecule is O=C(c1ccc(Br)o1)N(Cc1cccc2[nH]ccc12)C1CC1. The molecule has 2 aromatic heterocycles. The molecule has 4 nitrogen and oxygen atoms in total. The molecule has 3 aromatic rings. The molecule has 0 spiro atoms. The second-order valence-corrected chi connectivity index (χ2v) is 6.41. The van der Waals surface area contributed by atoms with E-state index in [9.17, 15) is 4.79 Å². The van der Waals surface area contributed by atoms with E-state index in [1.54, 1.807) is 12.1 Å². The summed E-state index contributed by atoms with van der Waals surface area (Å²) in [5.74, 6) is 0.348. The molecule has 0 atom stereocenters. The first-order chi connectivity index (χ1) is 10.7. The number of nitrogens with zero attached hydrogens (tertiary/aromatic N) is 1. The predicted octanol–water partition coefficient (Wildman–Crippen LogP) is 4.33. The van der Waals surface area contributed by atoms with Crippen LogP contribution in [0.3, 0.4) is 0 Å². The van der Waals surface area contributed by atoms with Gasteiger partial charge >= 0.3 is 0 Å². The monoisotopic (exact) mass is 358 g/mol. The summed E-state index contributed by atoms with van der Waals surface area (Å²) in [6.45, 7) is 0.608. The number of nitrogens with one attached hydrogen (secondary N) is 1. The third kappa shape index (κ3) is 2.46. The van der Waals surface area contributed by atoms with Gasteiger partial charge < -0.3 is 14.3 Å². The second-order valence-electron chi connectivity index (χ2n) is 5.62. The van der Waals surface area contributed by atoms with Crippen LogP contribution in [-0.2, 0) is 6.54 Å². The summed E-state index contributed by atoms with van der Waals surface area (Å²) in [6, 6.07) is 12.0. The van der Waals surface area contributed by atoms with Gasteiger partial charge in [0.15, 0.2) is 10.4 Å². The Morgan fingerprint density at radius 2 is 2.14 bits per heavy atom. The van der Waals surface area contributed by atoms with Crippen LogP contribution in [0.25, 0.3) is 10.9 Å². The number of carbonyl (C=O) groups excluding carboxylic acids is 1. The molecule has 0 aliphatic heterocycles. The molecule has 22 heavy (non-hydrogen) atoms. The van der Waals surface area contributed by atoms with Crippen LogP contribution in [-0.4, -0.2) is 21.8 Å². The summed E-state index contributed by atoms with van der Waals surface area (Å²) in [5.41, 5.74) is 2.26. The third-order valence-electron chi connectivity index (χ3n) is 4.06. The van der Waals surface area contributed by atoms with Gasteiger partial charge in [-0.3, -0.25) is 4.79 Å². The van der Waals surface area contributed by atoms with Gasteiger partial charge in [0.1, 0.15) is 0 Å². The number of aromatic amines is 1. The molecule has 112 valence electrons. The van der Waals surface area contributed by atoms with E-state index < -0.39 is 0 Å². The molecule has 1 N–H and O–H groups in total. The zero-order chi connectivity index (χ0) is 15.1. The van der Waals surface area contributed by atoms with Crippen LogP contribution in [0.15, 0.2) is 51.7 Å². The Morgan fingerprint density at radius 1 is 1.27 bits per heavy atom. The fourth-order valence-electron chi connectivity index (χ4n) is 2.80. The van der Waals surface area contributed by atoms with E-state index >= 15 is 0 Å². The maximum atomic E-state index is 12.7. The van der Waals surface area contributed by atoms with Gasteiger partial charge in [0.25, 0.3) is 5.91 Å². The highest BCUT2D eigenvalue weighted by atomic mass is 79.9. The van der Waals surface area contributed by atoms with Gasteiger partial charge in [0, 0.05) is 29.7 Å². The minimum absolute atomic E-state index is 0.0410. The molecule has 2 heterocycles. The van der Waals surface area contributed by atoms with Crippen LogP contribution in [0.1, 0.15) is 29.0 Å². The first-order valence-corrected chi connectivity index (χ1v) is 8.13. The summed E-state index contributed by atoms with van der Waals surface area (Å²) in [4.78, 5) is 17.9. The molecule has 0 saturated heterocycles. The van der Waals surface area contributed by atoms with Crippen molar-refractivity contribution >= 4 is 32.7 Å². The number of amides is 1. The maximum Gasteiger partial charge on any atom is 0.290 e. The highest BCUT2D eigenvalue weighted by Crippen LogP contribution is 2.31. The maximum absolute atomic E-state index is 12.7. The zero-order valence-corrected chi connectivity index (χ0v) is 13.5. The number of carbonyl (C=O) groups is 1. The quantitative estimate of drug-likeness (QED) is 0.754. The number of furan rings is 1. The van der Waals surface area contributed by atoms with Crippen LogP contribution >= 0.6 is 15.9 Å². The summed E-state index contributed by atoms with van der Waals surface area (Å²) in [7, 11) is 0. The van der Waals surface area contributed by atoms with E-state index in [-0.39, 0.29) is 5.91 Å². The van der Waals surface area contributed by atoms with Crippen molar-refractivity contribution in [1.82, 2.24) is 9.88 Å². The molecule has 1 aliphatic carbocycles. The predicted molar refractivity (Wildman–Crippen MR) is 87.6 cm³/mol. The summed E-state index contributed by atoms with van der Waals surface area (Å²) >= 11 is 3.25. The fourth-order valence-corrected chi connectivity index (χ4v) is 3.10. The summed E-state index contributed by atoms with van der Waals surface area (Å²) in [5, 5.41) is 1.17. The van der Waals surface area contributed by atoms with Gasteiger partial charge in [-0.1, -0.05) is 12.1 Å². The van der Waals surface area contributed by atoms with Gasteiger partial charge in [-0.25, -0.2) is 0 Å². The average molecular weight is 359 g/mol. The lowest BCUT2D eigenvalue weighted by Gasteiger charge is -2.22. The Labute approximate surface area is 136 Å². The fraction of sp³-hybridized carbons (Fsp3) is 0.235. The number of hydrogen-bond donors (Lipinski definition) is 1. The minimum atomic E-state index is -0.0410. The Kier molecular flexibility index (Phi) is 3.30. The van der Waals surface area contributed by atoms with Crippen LogP contribution in [0, 0.1) is 0 Å². The molecule has 0 bridgehead atoms. The normalized spacial score (nSPS) is 14.4. The van der Waals surface area contributed by atoms with Crippen molar-refractivity contribution in [1.29, 1.82) is 0 Å². The van der Waals surface area contributed by atoms with Gasteiger partial charge in [0.05, 0.1) is 0 Å². The third-order valence-corrected chi connectivity index (χ3v) is 4.48. The van der Waals surface area contributed by atoms with Crippen LogP contribution < -0.4 is 0 Å². The molecule has 0 unspecified atom stereocenters. The van der Waals surface area contributed by atoms with E-state index in [2.05, 4.69) is 33.0 Å². The van der Waals surface area contributed by atoms with Crippen molar-refractivity contribution in [3.05, 3.63) is 58.6 Å². The van der Waals surface area contributed by atoms with Crippen molar-refractivity contribution in [2.24, 2.45) is 0 Å². The van der Waals surface area contributed by atoms with Crippen molar-refractivity contribution in [2.45, 2.75) is 25.4 Å². The second kappa shape index (κ2) is 5.32. The molecule has 1 saturated carbocycles. The first-order valence-electron chi connectivity index (χ1n) is 7.33. The van der Waals surface area contributed by atoms with Crippen molar-refractivity contribution in [2.75, 3.05) is 0 Å². The molecule has 5 heteroatoms. The topological polar surface area (TPSA) is 49.2 Å². The number of halogens is 1. The van der Waals surface area contributed by atoms with E-state index in [0.29, 0.717) is 23.0 Å². The van der Waals surface area contributed by atoms with Gasteiger partial charge in [-0.2, -0.15) is 0 Å². The lowest BCUT2D eigenvalue weighted by atomic mass is 10.1. The molecule has 1 aliphatic rings. The Hall–Kier alpha value is -2.01. The zero-order valence-electron chi connectivity index (χ0n) is 11.9. The lowest BCUT2D eigenvalue weighted by molar-refractivity contribution is 0.0697. The van der Waals surface area contributed by atoms with Crippen LogP contribution in [0.2, 0.25) is 0 Å². The number of fused-ring (bicyclic) bond motifs is 1. The van der Waals surface area contributed by atoms with Crippen LogP contribution in [0.5, 0.6) is 0 Å². The Morgan fingerprint density at radius 3 is 2.86 bits per heavy atom. The lowest BCUT2D eigenvalue weighted by Crippen LogP contribution is -2.32. The first kappa shape index (κ1) is 13.6. The molecular weight excluding hydrogens is 344 g/mol. The highest BCUT2D eigenvalue weighted by molar-refractivity contribution is 9.10. The number of H-pyrrole nitrogens is 1. The van der Waals surface area contributed by atoms with Crippen molar-refractivity contribution in [3.8, 4) is 0 Å². The minimum Gasteiger partial charge on any atom is -0.444 e. The van der Waals surface area contributed by atoms with E-state index in [0.717, 1.165) is 23.9 Å². The number of aromatic nitrogens is 1. The number of benzene rings is 1. The number of rotatable bonds is 4. The van der Waals surface area contributed by atoms with E-state index in [4.69, 9.17) is 4.42 Å².